The van der Waals surface area contributed by atoms with Crippen LogP contribution in [0.1, 0.15) is 0 Å². The number of hydrogen-bond acceptors (Lipinski definition) is 1. The first-order valence-corrected chi connectivity index (χ1v) is 1.90. The van der Waals surface area contributed by atoms with Gasteiger partial charge in [0.2, 0.25) is 4.51 Å². The van der Waals surface area contributed by atoms with Gasteiger partial charge in [0, 0.05) is 0 Å². The van der Waals surface area contributed by atoms with Gasteiger partial charge in [0.05, 0.1) is 0 Å². The zero-order valence-corrected chi connectivity index (χ0v) is 3.71. The molecular weight excluding hydrogens is 112 g/mol. The van der Waals surface area contributed by atoms with Crippen molar-refractivity contribution < 1.29 is 9.32 Å². The second-order valence-corrected chi connectivity index (χ2v) is 1.47. The van der Waals surface area contributed by atoms with Crippen molar-refractivity contribution in [3.63, 3.8) is 0 Å². The average Bonchev–Trinajstić information content (AvgIpc) is 1.38. The van der Waals surface area contributed by atoms with E-state index in [1.807, 2.05) is 0 Å². The highest BCUT2D eigenvalue weighted by Crippen LogP contribution is 1.65. The molecule has 5 heavy (non-hydrogen) atoms. The average molecular weight is 113 g/mol. The molecule has 1 N–H and O–H groups in total. The summed E-state index contributed by atoms with van der Waals surface area (Å²) in [5, 5.41) is 7.69. The fourth-order valence-electron chi connectivity index (χ4n) is 0. The van der Waals surface area contributed by atoms with Crippen LogP contribution in [0, 0.1) is 0 Å². The molecule has 0 atom stereocenters. The molecule has 0 bridgehead atoms. The van der Waals surface area contributed by atoms with Gasteiger partial charge in [-0.15, -0.1) is 0 Å². The highest BCUT2D eigenvalue weighted by Gasteiger charge is 1.69. The van der Waals surface area contributed by atoms with Crippen LogP contribution in [0.2, 0.25) is 0 Å². The van der Waals surface area contributed by atoms with E-state index < -0.39 is 4.51 Å². The third-order valence-corrected chi connectivity index (χ3v) is 0.395. The van der Waals surface area contributed by atoms with E-state index in [1.54, 1.807) is 0 Å². The van der Waals surface area contributed by atoms with Crippen LogP contribution >= 0.6 is 11.6 Å². The highest BCUT2D eigenvalue weighted by atomic mass is 35.5. The number of aliphatic hydroxyl groups excluding tert-OH is 1. The lowest BCUT2D eigenvalue weighted by Gasteiger charge is -1.58. The number of rotatable bonds is 0. The zero-order chi connectivity index (χ0) is 4.28. The Kier molecular flexibility index (Phi) is 2.45. The number of hydrogen-bond donors (Lipinski definition) is 1. The van der Waals surface area contributed by atoms with Gasteiger partial charge in [-0.2, -0.15) is 0 Å². The molecule has 0 spiro atoms. The molecule has 0 radical (unpaired) electrons. The molecule has 0 unspecified atom stereocenters. The molecule has 2 nitrogen and oxygen atoms in total. The molecule has 30 valence electrons. The van der Waals surface area contributed by atoms with Crippen LogP contribution in [-0.2, 0) is 11.3 Å². The number of halogens is 1. The van der Waals surface area contributed by atoms with E-state index in [4.69, 9.17) is 9.32 Å². The summed E-state index contributed by atoms with van der Waals surface area (Å²) in [6.45, 7) is 0. The maximum atomic E-state index is 9.13. The van der Waals surface area contributed by atoms with Crippen LogP contribution in [0.15, 0.2) is 0 Å². The van der Waals surface area contributed by atoms with Crippen LogP contribution in [0.3, 0.4) is 0 Å². The largest absolute Gasteiger partial charge is 0.340 e. The van der Waals surface area contributed by atoms with Gasteiger partial charge in [-0.3, -0.25) is 0 Å². The van der Waals surface area contributed by atoms with Crippen LogP contribution in [0.4, 0.5) is 0 Å². The fourth-order valence-corrected chi connectivity index (χ4v) is 0. The molecule has 0 aliphatic rings. The van der Waals surface area contributed by atoms with Crippen LogP contribution in [0.5, 0.6) is 0 Å². The summed E-state index contributed by atoms with van der Waals surface area (Å²) in [6, 6.07) is 0. The topological polar surface area (TPSA) is 37.3 Å². The molecule has 0 aromatic rings. The molecule has 4 heteroatoms. The Morgan fingerprint density at radius 3 is 2.20 bits per heavy atom. The van der Waals surface area contributed by atoms with Crippen LogP contribution in [-0.4, -0.2) is 13.8 Å². The van der Waals surface area contributed by atoms with Gasteiger partial charge in [-0.1, -0.05) is 0 Å². The summed E-state index contributed by atoms with van der Waals surface area (Å²) in [6.07, 6.45) is 0. The summed E-state index contributed by atoms with van der Waals surface area (Å²) < 4.78 is 8.47. The van der Waals surface area contributed by atoms with E-state index in [-0.39, 0.29) is 11.3 Å². The first-order chi connectivity index (χ1) is 2.27. The van der Waals surface area contributed by atoms with Gasteiger partial charge in [-0.05, 0) is 11.6 Å². The van der Waals surface area contributed by atoms with Gasteiger partial charge in [0.25, 0.3) is 0 Å². The first-order valence-electron chi connectivity index (χ1n) is 0.783. The minimum atomic E-state index is -0.662. The first kappa shape index (κ1) is 5.14. The van der Waals surface area contributed by atoms with Gasteiger partial charge in [0.15, 0.2) is 0 Å². The zero-order valence-electron chi connectivity index (χ0n) is 2.14. The molecule has 0 aliphatic carbocycles. The summed E-state index contributed by atoms with van der Waals surface area (Å²) >= 11 is 4.45. The quantitative estimate of drug-likeness (QED) is 0.356. The Balaban J connectivity index is 3.60. The second-order valence-electron chi connectivity index (χ2n) is 0.336. The third kappa shape index (κ3) is 4.14. The van der Waals surface area contributed by atoms with E-state index >= 15 is 0 Å². The van der Waals surface area contributed by atoms with Crippen molar-refractivity contribution in [1.29, 1.82) is 0 Å². The van der Waals surface area contributed by atoms with E-state index in [0.29, 0.717) is 0 Å². The normalized spacial score (nSPS) is 6.80. The van der Waals surface area contributed by atoms with Crippen molar-refractivity contribution >= 4 is 27.4 Å². The summed E-state index contributed by atoms with van der Waals surface area (Å²) in [7, 11) is 0. The van der Waals surface area contributed by atoms with Crippen molar-refractivity contribution in [2.24, 2.45) is 0 Å². The fraction of sp³-hybridized carbons (Fsp3) is 0. The summed E-state index contributed by atoms with van der Waals surface area (Å²) in [4.78, 5) is 0. The molecule has 0 saturated heterocycles. The lowest BCUT2D eigenvalue weighted by Crippen LogP contribution is -1.74. The molecular formula is CHClO2S. The Morgan fingerprint density at radius 1 is 2.00 bits per heavy atom. The molecule has 0 saturated carbocycles. The van der Waals surface area contributed by atoms with Crippen molar-refractivity contribution in [3.05, 3.63) is 0 Å². The van der Waals surface area contributed by atoms with Crippen molar-refractivity contribution in [2.75, 3.05) is 0 Å². The monoisotopic (exact) mass is 112 g/mol. The Bertz CT molecular complexity index is 69.7. The molecule has 0 amide bonds. The van der Waals surface area contributed by atoms with E-state index in [9.17, 15) is 0 Å². The third-order valence-electron chi connectivity index (χ3n) is 0.0688. The molecule has 0 aromatic heterocycles. The predicted molar refractivity (Wildman–Crippen MR) is 21.6 cm³/mol. The lowest BCUT2D eigenvalue weighted by molar-refractivity contribution is 0.581. The molecule has 0 rings (SSSR count). The Labute approximate surface area is 37.4 Å². The smallest absolute Gasteiger partial charge is 0.236 e. The van der Waals surface area contributed by atoms with E-state index in [1.165, 1.54) is 0 Å². The SMILES string of the molecule is O=S=C(O)Cl. The maximum absolute atomic E-state index is 9.13. The van der Waals surface area contributed by atoms with Crippen molar-refractivity contribution in [3.8, 4) is 0 Å². The maximum Gasteiger partial charge on any atom is 0.236 e. The number of aliphatic hydroxyl groups is 1. The standard InChI is InChI=1S/CHClO2S/c2-1(3)5-4/h3H. The molecule has 0 aromatic carbocycles. The van der Waals surface area contributed by atoms with Crippen LogP contribution < -0.4 is 0 Å². The highest BCUT2D eigenvalue weighted by molar-refractivity contribution is 7.69. The lowest BCUT2D eigenvalue weighted by atomic mass is 11.7. The van der Waals surface area contributed by atoms with Crippen molar-refractivity contribution in [1.82, 2.24) is 0 Å². The summed E-state index contributed by atoms with van der Waals surface area (Å²) in [5.74, 6) is 0. The minimum Gasteiger partial charge on any atom is -0.340 e. The van der Waals surface area contributed by atoms with Gasteiger partial charge in [-0.25, -0.2) is 4.21 Å². The predicted octanol–water partition coefficient (Wildman–Crippen LogP) is 0.0836. The summed E-state index contributed by atoms with van der Waals surface area (Å²) in [5.41, 5.74) is 0. The Hall–Kier alpha value is 0.140. The molecule has 0 heterocycles. The molecule has 0 aliphatic heterocycles. The van der Waals surface area contributed by atoms with Crippen molar-refractivity contribution in [2.45, 2.75) is 0 Å². The minimum absolute atomic E-state index is 0.133. The van der Waals surface area contributed by atoms with E-state index in [2.05, 4.69) is 11.6 Å². The Morgan fingerprint density at radius 2 is 2.20 bits per heavy atom. The van der Waals surface area contributed by atoms with E-state index in [0.717, 1.165) is 0 Å². The second kappa shape index (κ2) is 2.38. The molecule has 0 fully saturated rings. The van der Waals surface area contributed by atoms with Crippen LogP contribution in [0.25, 0.3) is 0 Å². The van der Waals surface area contributed by atoms with Gasteiger partial charge < -0.3 is 5.11 Å². The van der Waals surface area contributed by atoms with Gasteiger partial charge >= 0.3 is 0 Å². The van der Waals surface area contributed by atoms with Gasteiger partial charge in [0.1, 0.15) is 11.3 Å².